The van der Waals surface area contributed by atoms with E-state index in [-0.39, 0.29) is 12.3 Å². The Morgan fingerprint density at radius 2 is 1.56 bits per heavy atom. The van der Waals surface area contributed by atoms with E-state index in [0.29, 0.717) is 17.9 Å². The SMILES string of the molecule is NCCC(=O)Nc1ccc(NC(N)=O)cc1. The molecule has 0 atom stereocenters. The number of amides is 3. The zero-order chi connectivity index (χ0) is 12.0. The first-order valence-corrected chi connectivity index (χ1v) is 4.78. The molecule has 0 radical (unpaired) electrons. The summed E-state index contributed by atoms with van der Waals surface area (Å²) in [6.07, 6.45) is 0.279. The van der Waals surface area contributed by atoms with Crippen LogP contribution in [0.4, 0.5) is 16.2 Å². The first kappa shape index (κ1) is 12.0. The molecule has 0 heterocycles. The topological polar surface area (TPSA) is 110 Å². The molecule has 0 unspecified atom stereocenters. The lowest BCUT2D eigenvalue weighted by molar-refractivity contribution is -0.116. The van der Waals surface area contributed by atoms with E-state index in [1.807, 2.05) is 0 Å². The molecule has 3 amide bonds. The van der Waals surface area contributed by atoms with E-state index in [1.54, 1.807) is 24.3 Å². The van der Waals surface area contributed by atoms with Gasteiger partial charge in [0.05, 0.1) is 0 Å². The van der Waals surface area contributed by atoms with Gasteiger partial charge >= 0.3 is 6.03 Å². The van der Waals surface area contributed by atoms with Gasteiger partial charge in [-0.25, -0.2) is 4.79 Å². The zero-order valence-electron chi connectivity index (χ0n) is 8.69. The Morgan fingerprint density at radius 3 is 2.00 bits per heavy atom. The largest absolute Gasteiger partial charge is 0.351 e. The lowest BCUT2D eigenvalue weighted by Gasteiger charge is -2.05. The van der Waals surface area contributed by atoms with E-state index in [9.17, 15) is 9.59 Å². The second-order valence-corrected chi connectivity index (χ2v) is 3.15. The number of hydrogen-bond donors (Lipinski definition) is 4. The van der Waals surface area contributed by atoms with Gasteiger partial charge in [0.25, 0.3) is 0 Å². The number of rotatable bonds is 4. The van der Waals surface area contributed by atoms with Crippen molar-refractivity contribution in [2.75, 3.05) is 17.2 Å². The molecule has 0 spiro atoms. The second-order valence-electron chi connectivity index (χ2n) is 3.15. The molecule has 0 aliphatic rings. The van der Waals surface area contributed by atoms with E-state index >= 15 is 0 Å². The van der Waals surface area contributed by atoms with Crippen molar-refractivity contribution < 1.29 is 9.59 Å². The molecule has 1 aromatic carbocycles. The Kier molecular flexibility index (Phi) is 4.28. The van der Waals surface area contributed by atoms with Crippen LogP contribution < -0.4 is 22.1 Å². The fourth-order valence-corrected chi connectivity index (χ4v) is 1.13. The van der Waals surface area contributed by atoms with Gasteiger partial charge in [-0.3, -0.25) is 4.79 Å². The normalized spacial score (nSPS) is 9.56. The smallest absolute Gasteiger partial charge is 0.316 e. The van der Waals surface area contributed by atoms with Crippen LogP contribution in [0.2, 0.25) is 0 Å². The van der Waals surface area contributed by atoms with Crippen molar-refractivity contribution in [2.45, 2.75) is 6.42 Å². The van der Waals surface area contributed by atoms with Gasteiger partial charge in [0.15, 0.2) is 0 Å². The number of nitrogens with one attached hydrogen (secondary N) is 2. The summed E-state index contributed by atoms with van der Waals surface area (Å²) in [4.78, 5) is 21.7. The van der Waals surface area contributed by atoms with Crippen LogP contribution in [0.25, 0.3) is 0 Å². The molecule has 0 bridgehead atoms. The fraction of sp³-hybridized carbons (Fsp3) is 0.200. The molecular weight excluding hydrogens is 208 g/mol. The molecule has 0 aliphatic heterocycles. The highest BCUT2D eigenvalue weighted by atomic mass is 16.2. The van der Waals surface area contributed by atoms with E-state index in [0.717, 1.165) is 0 Å². The van der Waals surface area contributed by atoms with E-state index in [1.165, 1.54) is 0 Å². The van der Waals surface area contributed by atoms with Crippen LogP contribution in [0.3, 0.4) is 0 Å². The monoisotopic (exact) mass is 222 g/mol. The number of nitrogens with two attached hydrogens (primary N) is 2. The number of urea groups is 1. The Morgan fingerprint density at radius 1 is 1.06 bits per heavy atom. The van der Waals surface area contributed by atoms with Gasteiger partial charge < -0.3 is 22.1 Å². The third kappa shape index (κ3) is 3.97. The molecule has 86 valence electrons. The molecule has 0 aromatic heterocycles. The van der Waals surface area contributed by atoms with Gasteiger partial charge in [-0.15, -0.1) is 0 Å². The predicted octanol–water partition coefficient (Wildman–Crippen LogP) is 0.464. The highest BCUT2D eigenvalue weighted by molar-refractivity contribution is 5.92. The summed E-state index contributed by atoms with van der Waals surface area (Å²) < 4.78 is 0. The van der Waals surface area contributed by atoms with Gasteiger partial charge in [-0.05, 0) is 24.3 Å². The Balaban J connectivity index is 2.57. The first-order chi connectivity index (χ1) is 7.61. The second kappa shape index (κ2) is 5.72. The quantitative estimate of drug-likeness (QED) is 0.594. The third-order valence-electron chi connectivity index (χ3n) is 1.81. The van der Waals surface area contributed by atoms with Crippen molar-refractivity contribution in [1.29, 1.82) is 0 Å². The lowest BCUT2D eigenvalue weighted by Crippen LogP contribution is -2.19. The summed E-state index contributed by atoms with van der Waals surface area (Å²) in [5.41, 5.74) is 11.4. The Bertz CT molecular complexity index is 375. The molecule has 16 heavy (non-hydrogen) atoms. The summed E-state index contributed by atoms with van der Waals surface area (Å²) in [7, 11) is 0. The summed E-state index contributed by atoms with van der Waals surface area (Å²) in [5, 5.41) is 5.08. The lowest BCUT2D eigenvalue weighted by atomic mass is 10.2. The van der Waals surface area contributed by atoms with Crippen molar-refractivity contribution in [2.24, 2.45) is 11.5 Å². The number of carbonyl (C=O) groups is 2. The minimum absolute atomic E-state index is 0.141. The molecule has 1 rings (SSSR count). The molecule has 0 saturated heterocycles. The molecule has 6 N–H and O–H groups in total. The first-order valence-electron chi connectivity index (χ1n) is 4.78. The van der Waals surface area contributed by atoms with Gasteiger partial charge in [0.2, 0.25) is 5.91 Å². The van der Waals surface area contributed by atoms with Crippen LogP contribution in [0, 0.1) is 0 Å². The molecule has 6 nitrogen and oxygen atoms in total. The average Bonchev–Trinajstić information content (AvgIpc) is 2.20. The van der Waals surface area contributed by atoms with E-state index < -0.39 is 6.03 Å². The minimum Gasteiger partial charge on any atom is -0.351 e. The predicted molar refractivity (Wildman–Crippen MR) is 61.9 cm³/mol. The summed E-state index contributed by atoms with van der Waals surface area (Å²) in [6, 6.07) is 5.99. The van der Waals surface area contributed by atoms with Crippen molar-refractivity contribution in [3.05, 3.63) is 24.3 Å². The number of anilines is 2. The Labute approximate surface area is 93.0 Å². The summed E-state index contributed by atoms with van der Waals surface area (Å²) in [6.45, 7) is 0.313. The van der Waals surface area contributed by atoms with E-state index in [2.05, 4.69) is 10.6 Å². The van der Waals surface area contributed by atoms with Gasteiger partial charge in [0.1, 0.15) is 0 Å². The number of carbonyl (C=O) groups excluding carboxylic acids is 2. The Hall–Kier alpha value is -2.08. The maximum absolute atomic E-state index is 11.2. The summed E-state index contributed by atoms with van der Waals surface area (Å²) >= 11 is 0. The van der Waals surface area contributed by atoms with E-state index in [4.69, 9.17) is 11.5 Å². The van der Waals surface area contributed by atoms with Crippen LogP contribution in [0.15, 0.2) is 24.3 Å². The fourth-order valence-electron chi connectivity index (χ4n) is 1.13. The van der Waals surface area contributed by atoms with Crippen LogP contribution in [0.5, 0.6) is 0 Å². The maximum Gasteiger partial charge on any atom is 0.316 e. The third-order valence-corrected chi connectivity index (χ3v) is 1.81. The zero-order valence-corrected chi connectivity index (χ0v) is 8.69. The molecule has 6 heteroatoms. The molecule has 0 fully saturated rings. The minimum atomic E-state index is -0.625. The van der Waals surface area contributed by atoms with Crippen LogP contribution in [0.1, 0.15) is 6.42 Å². The highest BCUT2D eigenvalue weighted by Gasteiger charge is 2.01. The molecular formula is C10H14N4O2. The standard InChI is InChI=1S/C10H14N4O2/c11-6-5-9(15)13-7-1-3-8(4-2-7)14-10(12)16/h1-4H,5-6,11H2,(H,13,15)(H3,12,14,16). The molecule has 0 aliphatic carbocycles. The van der Waals surface area contributed by atoms with Crippen LogP contribution in [-0.4, -0.2) is 18.5 Å². The number of hydrogen-bond acceptors (Lipinski definition) is 3. The van der Waals surface area contributed by atoms with Crippen molar-refractivity contribution >= 4 is 23.3 Å². The maximum atomic E-state index is 11.2. The van der Waals surface area contributed by atoms with Gasteiger partial charge in [-0.1, -0.05) is 0 Å². The molecule has 1 aromatic rings. The van der Waals surface area contributed by atoms with Crippen LogP contribution in [-0.2, 0) is 4.79 Å². The van der Waals surface area contributed by atoms with Crippen LogP contribution >= 0.6 is 0 Å². The highest BCUT2D eigenvalue weighted by Crippen LogP contribution is 2.13. The van der Waals surface area contributed by atoms with Crippen molar-refractivity contribution in [1.82, 2.24) is 0 Å². The average molecular weight is 222 g/mol. The van der Waals surface area contributed by atoms with Crippen molar-refractivity contribution in [3.63, 3.8) is 0 Å². The summed E-state index contributed by atoms with van der Waals surface area (Å²) in [5.74, 6) is -0.141. The van der Waals surface area contributed by atoms with Gasteiger partial charge in [0, 0.05) is 24.3 Å². The molecule has 0 saturated carbocycles. The number of benzene rings is 1. The van der Waals surface area contributed by atoms with Crippen molar-refractivity contribution in [3.8, 4) is 0 Å². The van der Waals surface area contributed by atoms with Gasteiger partial charge in [-0.2, -0.15) is 0 Å². The number of primary amides is 1.